The minimum absolute atomic E-state index is 0.358. The van der Waals surface area contributed by atoms with Gasteiger partial charge in [0, 0.05) is 5.92 Å². The van der Waals surface area contributed by atoms with Gasteiger partial charge in [-0.2, -0.15) is 0 Å². The zero-order valence-corrected chi connectivity index (χ0v) is 8.77. The first-order valence-corrected chi connectivity index (χ1v) is 5.72. The Morgan fingerprint density at radius 2 is 2.25 bits per heavy atom. The number of nitrogens with zero attached hydrogens (tertiary/aromatic N) is 3. The van der Waals surface area contributed by atoms with E-state index in [1.54, 1.807) is 6.33 Å². The third kappa shape index (κ3) is 2.64. The zero-order chi connectivity index (χ0) is 8.97. The largest absolute Gasteiger partial charge is 0.221 e. The minimum atomic E-state index is 0.358. The monoisotopic (exact) mass is 201 g/mol. The third-order valence-corrected chi connectivity index (χ3v) is 2.13. The number of hydrogen-bond acceptors (Lipinski definition) is 5. The van der Waals surface area contributed by atoms with Crippen molar-refractivity contribution in [1.82, 2.24) is 15.0 Å². The Balaban J connectivity index is 2.81. The van der Waals surface area contributed by atoms with Gasteiger partial charge in [-0.25, -0.2) is 15.0 Å². The van der Waals surface area contributed by atoms with Crippen molar-refractivity contribution in [2.75, 3.05) is 0 Å². The lowest BCUT2D eigenvalue weighted by Gasteiger charge is -2.03. The molecule has 0 radical (unpaired) electrons. The number of thiol groups is 1. The van der Waals surface area contributed by atoms with Crippen LogP contribution in [0.4, 0.5) is 0 Å². The molecule has 0 aromatic carbocycles. The van der Waals surface area contributed by atoms with Crippen molar-refractivity contribution < 1.29 is 0 Å². The van der Waals surface area contributed by atoms with E-state index in [1.165, 1.54) is 10.8 Å². The van der Waals surface area contributed by atoms with Crippen molar-refractivity contribution in [2.45, 2.75) is 25.5 Å². The van der Waals surface area contributed by atoms with Crippen LogP contribution in [0, 0.1) is 0 Å². The molecule has 1 heterocycles. The van der Waals surface area contributed by atoms with E-state index < -0.39 is 0 Å². The van der Waals surface area contributed by atoms with Gasteiger partial charge < -0.3 is 0 Å². The summed E-state index contributed by atoms with van der Waals surface area (Å²) in [5.41, 5.74) is 0. The van der Waals surface area contributed by atoms with Crippen LogP contribution >= 0.6 is 22.5 Å². The summed E-state index contributed by atoms with van der Waals surface area (Å²) in [7, 11) is 1.42. The highest BCUT2D eigenvalue weighted by molar-refractivity contribution is 8.68. The molecule has 0 aliphatic rings. The highest BCUT2D eigenvalue weighted by Gasteiger charge is 2.03. The van der Waals surface area contributed by atoms with E-state index >= 15 is 0 Å². The van der Waals surface area contributed by atoms with E-state index in [1.807, 2.05) is 0 Å². The molecule has 0 unspecified atom stereocenters. The van der Waals surface area contributed by atoms with E-state index in [4.69, 9.17) is 0 Å². The van der Waals surface area contributed by atoms with E-state index in [2.05, 4.69) is 40.5 Å². The van der Waals surface area contributed by atoms with E-state index in [0.29, 0.717) is 5.92 Å². The molecule has 0 fully saturated rings. The second kappa shape index (κ2) is 4.67. The van der Waals surface area contributed by atoms with Gasteiger partial charge in [-0.3, -0.25) is 0 Å². The van der Waals surface area contributed by atoms with Crippen LogP contribution in [-0.4, -0.2) is 15.0 Å². The van der Waals surface area contributed by atoms with Gasteiger partial charge in [0.15, 0.2) is 0 Å². The van der Waals surface area contributed by atoms with E-state index in [9.17, 15) is 0 Å². The molecule has 5 heteroatoms. The van der Waals surface area contributed by atoms with Crippen LogP contribution in [0.25, 0.3) is 0 Å². The Labute approximate surface area is 81.2 Å². The van der Waals surface area contributed by atoms with Gasteiger partial charge in [0.25, 0.3) is 0 Å². The molecule has 12 heavy (non-hydrogen) atoms. The van der Waals surface area contributed by atoms with Crippen LogP contribution in [0.15, 0.2) is 6.33 Å². The molecule has 3 nitrogen and oxygen atoms in total. The maximum Gasteiger partial charge on any atom is 0.143 e. The van der Waals surface area contributed by atoms with Crippen molar-refractivity contribution in [1.29, 1.82) is 0 Å². The first-order chi connectivity index (χ1) is 5.74. The molecule has 0 aliphatic heterocycles. The van der Waals surface area contributed by atoms with Gasteiger partial charge in [0.05, 0.1) is 5.75 Å². The Morgan fingerprint density at radius 3 is 2.83 bits per heavy atom. The van der Waals surface area contributed by atoms with Crippen LogP contribution in [0.5, 0.6) is 0 Å². The van der Waals surface area contributed by atoms with E-state index in [0.717, 1.165) is 17.4 Å². The lowest BCUT2D eigenvalue weighted by molar-refractivity contribution is 0.744. The minimum Gasteiger partial charge on any atom is -0.221 e. The molecule has 0 aliphatic carbocycles. The molecular formula is C7H11N3S2. The lowest BCUT2D eigenvalue weighted by Crippen LogP contribution is -2.02. The average molecular weight is 201 g/mol. The molecule has 1 rings (SSSR count). The Bertz CT molecular complexity index is 252. The summed E-state index contributed by atoms with van der Waals surface area (Å²) < 4.78 is 0. The predicted molar refractivity (Wildman–Crippen MR) is 54.2 cm³/mol. The highest BCUT2D eigenvalue weighted by Crippen LogP contribution is 2.13. The molecule has 1 aromatic heterocycles. The molecule has 0 N–H and O–H groups in total. The lowest BCUT2D eigenvalue weighted by atomic mass is 10.2. The standard InChI is InChI=1S/C7H11N3S2/c1-5(2)7-9-4-8-6(10-7)3-12-11/h4-5,11H,3H2,1-2H3. The summed E-state index contributed by atoms with van der Waals surface area (Å²) >= 11 is 4.03. The molecule has 0 spiro atoms. The van der Waals surface area contributed by atoms with Gasteiger partial charge in [-0.1, -0.05) is 24.6 Å². The Kier molecular flexibility index (Phi) is 3.81. The summed E-state index contributed by atoms with van der Waals surface area (Å²) in [6.07, 6.45) is 1.56. The summed E-state index contributed by atoms with van der Waals surface area (Å²) in [5.74, 6) is 2.73. The normalized spacial score (nSPS) is 10.7. The van der Waals surface area contributed by atoms with Crippen LogP contribution in [0.2, 0.25) is 0 Å². The molecule has 0 bridgehead atoms. The second-order valence-electron chi connectivity index (χ2n) is 2.69. The zero-order valence-electron chi connectivity index (χ0n) is 7.06. The molecule has 1 aromatic rings. The first-order valence-electron chi connectivity index (χ1n) is 3.68. The Hall–Kier alpha value is -0.290. The average Bonchev–Trinajstić information content (AvgIpc) is 2.05. The van der Waals surface area contributed by atoms with Crippen LogP contribution in [-0.2, 0) is 5.75 Å². The van der Waals surface area contributed by atoms with Crippen LogP contribution in [0.1, 0.15) is 31.4 Å². The third-order valence-electron chi connectivity index (χ3n) is 1.35. The molecular weight excluding hydrogens is 190 g/mol. The van der Waals surface area contributed by atoms with Crippen molar-refractivity contribution >= 4 is 22.5 Å². The smallest absolute Gasteiger partial charge is 0.143 e. The number of aromatic nitrogens is 3. The number of hydrogen-bond donors (Lipinski definition) is 1. The summed E-state index contributed by atoms with van der Waals surface area (Å²) in [6.45, 7) is 4.12. The van der Waals surface area contributed by atoms with Gasteiger partial charge in [0.2, 0.25) is 0 Å². The topological polar surface area (TPSA) is 38.7 Å². The summed E-state index contributed by atoms with van der Waals surface area (Å²) in [6, 6.07) is 0. The van der Waals surface area contributed by atoms with Gasteiger partial charge >= 0.3 is 0 Å². The summed E-state index contributed by atoms with van der Waals surface area (Å²) in [4.78, 5) is 12.4. The fourth-order valence-electron chi connectivity index (χ4n) is 0.750. The van der Waals surface area contributed by atoms with Gasteiger partial charge in [-0.15, -0.1) is 11.7 Å². The predicted octanol–water partition coefficient (Wildman–Crippen LogP) is 2.07. The maximum atomic E-state index is 4.27. The molecule has 0 atom stereocenters. The van der Waals surface area contributed by atoms with Crippen molar-refractivity contribution in [3.05, 3.63) is 18.0 Å². The Morgan fingerprint density at radius 1 is 1.50 bits per heavy atom. The van der Waals surface area contributed by atoms with Crippen LogP contribution in [0.3, 0.4) is 0 Å². The fraction of sp³-hybridized carbons (Fsp3) is 0.571. The van der Waals surface area contributed by atoms with Crippen LogP contribution < -0.4 is 0 Å². The van der Waals surface area contributed by atoms with Gasteiger partial charge in [0.1, 0.15) is 18.0 Å². The van der Waals surface area contributed by atoms with Gasteiger partial charge in [-0.05, 0) is 0 Å². The molecule has 66 valence electrons. The SMILES string of the molecule is CC(C)c1ncnc(CSS)n1. The molecule has 0 saturated carbocycles. The highest BCUT2D eigenvalue weighted by atomic mass is 33.1. The fourth-order valence-corrected chi connectivity index (χ4v) is 1.35. The van der Waals surface area contributed by atoms with Crippen molar-refractivity contribution in [3.8, 4) is 0 Å². The maximum absolute atomic E-state index is 4.27. The number of rotatable bonds is 3. The second-order valence-corrected chi connectivity index (χ2v) is 4.01. The molecule has 0 saturated heterocycles. The summed E-state index contributed by atoms with van der Waals surface area (Å²) in [5, 5.41) is 0. The van der Waals surface area contributed by atoms with E-state index in [-0.39, 0.29) is 0 Å². The van der Waals surface area contributed by atoms with Crippen molar-refractivity contribution in [3.63, 3.8) is 0 Å². The molecule has 0 amide bonds. The first kappa shape index (κ1) is 9.80. The quantitative estimate of drug-likeness (QED) is 0.600. The van der Waals surface area contributed by atoms with Crippen molar-refractivity contribution in [2.24, 2.45) is 0 Å².